The number of fused-ring (bicyclic) bond motifs is 7. The van der Waals surface area contributed by atoms with Crippen molar-refractivity contribution in [2.45, 2.75) is 25.9 Å². The van der Waals surface area contributed by atoms with Gasteiger partial charge >= 0.3 is 0 Å². The third-order valence-electron chi connectivity index (χ3n) is 6.72. The van der Waals surface area contributed by atoms with Gasteiger partial charge in [-0.1, -0.05) is 36.4 Å². The van der Waals surface area contributed by atoms with Crippen molar-refractivity contribution >= 4 is 12.2 Å². The Balaban J connectivity index is 1.45. The molecule has 6 rings (SSSR count). The van der Waals surface area contributed by atoms with Gasteiger partial charge in [-0.05, 0) is 40.5 Å². The largest absolute Gasteiger partial charge is 0.497 e. The fraction of sp³-hybridized carbons (Fsp3) is 0.172. The zero-order valence-electron chi connectivity index (χ0n) is 18.3. The maximum atomic E-state index is 5.27. The van der Waals surface area contributed by atoms with E-state index in [9.17, 15) is 0 Å². The van der Waals surface area contributed by atoms with E-state index in [2.05, 4.69) is 88.3 Å². The molecule has 0 bridgehead atoms. The molecule has 0 saturated carbocycles. The van der Waals surface area contributed by atoms with Crippen LogP contribution < -0.4 is 13.9 Å². The van der Waals surface area contributed by atoms with Crippen LogP contribution in [0.15, 0.2) is 79.1 Å². The van der Waals surface area contributed by atoms with E-state index in [-0.39, 0.29) is 0 Å². The lowest BCUT2D eigenvalue weighted by molar-refractivity contribution is -0.689. The summed E-state index contributed by atoms with van der Waals surface area (Å²) in [6.07, 6.45) is 11.0. The van der Waals surface area contributed by atoms with Gasteiger partial charge in [0.15, 0.2) is 25.5 Å². The summed E-state index contributed by atoms with van der Waals surface area (Å²) in [4.78, 5) is 0. The highest BCUT2D eigenvalue weighted by Crippen LogP contribution is 2.39. The van der Waals surface area contributed by atoms with Crippen molar-refractivity contribution < 1.29 is 13.9 Å². The maximum absolute atomic E-state index is 5.27. The highest BCUT2D eigenvalue weighted by atomic mass is 16.5. The topological polar surface area (TPSA) is 17.0 Å². The number of ether oxygens (including phenoxy) is 1. The molecule has 0 saturated heterocycles. The molecular weight excluding hydrogens is 392 g/mol. The lowest BCUT2D eigenvalue weighted by Gasteiger charge is -2.22. The number of aromatic nitrogens is 2. The van der Waals surface area contributed by atoms with Crippen LogP contribution in [0.5, 0.6) is 5.75 Å². The van der Waals surface area contributed by atoms with Gasteiger partial charge in [-0.25, -0.2) is 0 Å². The van der Waals surface area contributed by atoms with Crippen LogP contribution in [0, 0.1) is 0 Å². The van der Waals surface area contributed by atoms with E-state index in [4.69, 9.17) is 4.74 Å². The van der Waals surface area contributed by atoms with Gasteiger partial charge in [-0.3, -0.25) is 0 Å². The van der Waals surface area contributed by atoms with Gasteiger partial charge in [0.05, 0.1) is 18.2 Å². The molecule has 0 fully saturated rings. The standard InChI is InChI=1S/C29H26N2O/c1-32-25-11-7-21(8-12-25)5-6-22-13-17-31-19-15-24-10-9-23-14-18-30-16-3-2-4-26(30)28(23)29(24)27(31)20-22/h2-13,16-17,20H,14-15,18-19H2,1H3/q+2/b6-5+. The molecule has 0 radical (unpaired) electrons. The molecule has 4 heterocycles. The van der Waals surface area contributed by atoms with Crippen molar-refractivity contribution in [3.8, 4) is 28.3 Å². The molecule has 0 atom stereocenters. The number of nitrogens with zero attached hydrogens (tertiary/aromatic N) is 2. The molecule has 2 aromatic carbocycles. The first-order valence-corrected chi connectivity index (χ1v) is 11.3. The normalized spacial score (nSPS) is 13.8. The Bertz CT molecular complexity index is 1350. The number of benzene rings is 2. The summed E-state index contributed by atoms with van der Waals surface area (Å²) in [5.74, 6) is 0.881. The molecule has 3 nitrogen and oxygen atoms in total. The third-order valence-corrected chi connectivity index (χ3v) is 6.72. The van der Waals surface area contributed by atoms with Crippen molar-refractivity contribution in [2.75, 3.05) is 7.11 Å². The van der Waals surface area contributed by atoms with E-state index in [0.717, 1.165) is 31.7 Å². The summed E-state index contributed by atoms with van der Waals surface area (Å²) in [5.41, 5.74) is 10.8. The molecule has 0 unspecified atom stereocenters. The van der Waals surface area contributed by atoms with E-state index in [0.29, 0.717) is 0 Å². The molecule has 0 N–H and O–H groups in total. The molecule has 2 aliphatic heterocycles. The molecule has 0 amide bonds. The summed E-state index contributed by atoms with van der Waals surface area (Å²) in [6, 6.07) is 24.0. The molecule has 156 valence electrons. The Morgan fingerprint density at radius 2 is 1.38 bits per heavy atom. The van der Waals surface area contributed by atoms with Crippen molar-refractivity contribution in [3.05, 3.63) is 101 Å². The van der Waals surface area contributed by atoms with Crippen molar-refractivity contribution in [1.82, 2.24) is 0 Å². The average molecular weight is 419 g/mol. The average Bonchev–Trinajstić information content (AvgIpc) is 2.87. The minimum absolute atomic E-state index is 0.881. The minimum Gasteiger partial charge on any atom is -0.497 e. The Hall–Kier alpha value is -3.72. The van der Waals surface area contributed by atoms with Crippen LogP contribution >= 0.6 is 0 Å². The van der Waals surface area contributed by atoms with E-state index in [1.54, 1.807) is 7.11 Å². The fourth-order valence-corrected chi connectivity index (χ4v) is 5.04. The lowest BCUT2D eigenvalue weighted by Crippen LogP contribution is -2.43. The monoisotopic (exact) mass is 418 g/mol. The molecule has 2 aromatic heterocycles. The number of hydrogen-bond donors (Lipinski definition) is 0. The van der Waals surface area contributed by atoms with Crippen LogP contribution in [0.3, 0.4) is 0 Å². The van der Waals surface area contributed by atoms with Crippen LogP contribution in [0.4, 0.5) is 0 Å². The molecule has 2 aliphatic rings. The summed E-state index contributed by atoms with van der Waals surface area (Å²) in [6.45, 7) is 2.07. The quantitative estimate of drug-likeness (QED) is 0.433. The maximum Gasteiger partial charge on any atom is 0.214 e. The Morgan fingerprint density at radius 1 is 0.688 bits per heavy atom. The van der Waals surface area contributed by atoms with Gasteiger partial charge in [0, 0.05) is 37.1 Å². The molecule has 0 aliphatic carbocycles. The van der Waals surface area contributed by atoms with E-state index < -0.39 is 0 Å². The second kappa shape index (κ2) is 7.76. The highest BCUT2D eigenvalue weighted by Gasteiger charge is 2.33. The number of methoxy groups -OCH3 is 1. The first-order chi connectivity index (χ1) is 15.8. The zero-order valence-corrected chi connectivity index (χ0v) is 18.3. The van der Waals surface area contributed by atoms with Crippen molar-refractivity contribution in [2.24, 2.45) is 0 Å². The van der Waals surface area contributed by atoms with Gasteiger partial charge in [0.2, 0.25) is 11.4 Å². The number of rotatable bonds is 3. The second-order valence-corrected chi connectivity index (χ2v) is 8.56. The van der Waals surface area contributed by atoms with Gasteiger partial charge in [0.25, 0.3) is 0 Å². The minimum atomic E-state index is 0.881. The summed E-state index contributed by atoms with van der Waals surface area (Å²) >= 11 is 0. The van der Waals surface area contributed by atoms with Crippen molar-refractivity contribution in [1.29, 1.82) is 0 Å². The smallest absolute Gasteiger partial charge is 0.214 e. The number of pyridine rings is 2. The first kappa shape index (κ1) is 19.0. The molecular formula is C29H26N2O+2. The van der Waals surface area contributed by atoms with Gasteiger partial charge in [-0.15, -0.1) is 0 Å². The predicted octanol–water partition coefficient (Wildman–Crippen LogP) is 4.89. The predicted molar refractivity (Wildman–Crippen MR) is 127 cm³/mol. The number of aryl methyl sites for hydroxylation is 4. The molecule has 32 heavy (non-hydrogen) atoms. The van der Waals surface area contributed by atoms with E-state index in [1.807, 2.05) is 12.1 Å². The van der Waals surface area contributed by atoms with Crippen molar-refractivity contribution in [3.63, 3.8) is 0 Å². The van der Waals surface area contributed by atoms with Crippen LogP contribution in [-0.2, 0) is 25.9 Å². The first-order valence-electron chi connectivity index (χ1n) is 11.3. The SMILES string of the molecule is COc1ccc(/C=C/c2cc[n+]3c(c2)-c2c(ccc4c2-c2cccc[n+]2CC4)CC3)cc1. The fourth-order valence-electron chi connectivity index (χ4n) is 5.04. The molecule has 4 aromatic rings. The molecule has 3 heteroatoms. The Labute approximate surface area is 188 Å². The van der Waals surface area contributed by atoms with Crippen LogP contribution in [0.25, 0.3) is 34.7 Å². The van der Waals surface area contributed by atoms with Crippen LogP contribution in [-0.4, -0.2) is 7.11 Å². The second-order valence-electron chi connectivity index (χ2n) is 8.56. The zero-order chi connectivity index (χ0) is 21.5. The van der Waals surface area contributed by atoms with E-state index >= 15 is 0 Å². The van der Waals surface area contributed by atoms with Crippen LogP contribution in [0.2, 0.25) is 0 Å². The van der Waals surface area contributed by atoms with E-state index in [1.165, 1.54) is 44.8 Å². The Morgan fingerprint density at radius 3 is 2.12 bits per heavy atom. The van der Waals surface area contributed by atoms with Gasteiger partial charge in [-0.2, -0.15) is 9.13 Å². The number of hydrogen-bond acceptors (Lipinski definition) is 1. The summed E-state index contributed by atoms with van der Waals surface area (Å²) in [5, 5.41) is 0. The van der Waals surface area contributed by atoms with Crippen LogP contribution in [0.1, 0.15) is 22.3 Å². The summed E-state index contributed by atoms with van der Waals surface area (Å²) < 4.78 is 10.1. The summed E-state index contributed by atoms with van der Waals surface area (Å²) in [7, 11) is 1.70. The Kier molecular flexibility index (Phi) is 4.61. The molecule has 0 spiro atoms. The lowest BCUT2D eigenvalue weighted by atomic mass is 9.85. The highest BCUT2D eigenvalue weighted by molar-refractivity contribution is 5.85. The third kappa shape index (κ3) is 3.21. The van der Waals surface area contributed by atoms with Gasteiger partial charge < -0.3 is 4.74 Å². The van der Waals surface area contributed by atoms with Gasteiger partial charge in [0.1, 0.15) is 5.75 Å².